The Morgan fingerprint density at radius 3 is 2.49 bits per heavy atom. The number of carbonyl (C=O) groups is 3. The van der Waals surface area contributed by atoms with Crippen LogP contribution in [-0.2, 0) is 28.6 Å². The molecule has 0 amide bonds. The SMILES string of the molecule is CC1(C(=O)O)CC1[C@]1(C)[C@@H](OC(=O)C2CC2)CC(=O)[C@]2(C)[C@H]3[C@@H](O)C4=C(C=C(c5cccnc5)OC4)O[C@]3(C)[C@@H](O)C[C@@H]21. The Labute approximate surface area is 250 Å². The van der Waals surface area contributed by atoms with Crippen molar-refractivity contribution in [3.63, 3.8) is 0 Å². The van der Waals surface area contributed by atoms with E-state index in [1.165, 1.54) is 0 Å². The van der Waals surface area contributed by atoms with Crippen molar-refractivity contribution in [2.24, 2.45) is 39.9 Å². The molecule has 10 atom stereocenters. The number of allylic oxidation sites excluding steroid dienone is 1. The molecule has 1 aromatic rings. The van der Waals surface area contributed by atoms with E-state index < -0.39 is 58.0 Å². The lowest BCUT2D eigenvalue weighted by molar-refractivity contribution is -0.262. The lowest BCUT2D eigenvalue weighted by atomic mass is 9.41. The minimum Gasteiger partial charge on any atom is -0.488 e. The Kier molecular flexibility index (Phi) is 6.06. The largest absolute Gasteiger partial charge is 0.488 e. The summed E-state index contributed by atoms with van der Waals surface area (Å²) in [5.41, 5.74) is -3.29. The Morgan fingerprint density at radius 1 is 1.12 bits per heavy atom. The topological polar surface area (TPSA) is 152 Å². The number of nitrogens with zero attached hydrogens (tertiary/aromatic N) is 1. The normalized spacial score (nSPS) is 45.0. The fourth-order valence-electron chi connectivity index (χ4n) is 9.21. The van der Waals surface area contributed by atoms with Crippen molar-refractivity contribution in [3.8, 4) is 0 Å². The van der Waals surface area contributed by atoms with Crippen molar-refractivity contribution in [2.45, 2.75) is 83.7 Å². The first-order chi connectivity index (χ1) is 20.3. The molecule has 3 N–H and O–H groups in total. The molecule has 6 aliphatic rings. The van der Waals surface area contributed by atoms with Gasteiger partial charge in [-0.3, -0.25) is 19.4 Å². The minimum absolute atomic E-state index is 0.0352. The van der Waals surface area contributed by atoms with E-state index in [-0.39, 0.29) is 43.0 Å². The number of pyridine rings is 1. The number of aliphatic carboxylic acids is 1. The smallest absolute Gasteiger partial charge is 0.309 e. The maximum Gasteiger partial charge on any atom is 0.309 e. The van der Waals surface area contributed by atoms with Gasteiger partial charge >= 0.3 is 11.9 Å². The summed E-state index contributed by atoms with van der Waals surface area (Å²) in [5, 5.41) is 34.1. The van der Waals surface area contributed by atoms with Gasteiger partial charge in [-0.25, -0.2) is 0 Å². The molecule has 4 saturated carbocycles. The number of esters is 1. The molecular formula is C33H39NO9. The van der Waals surface area contributed by atoms with Gasteiger partial charge in [-0.15, -0.1) is 0 Å². The summed E-state index contributed by atoms with van der Waals surface area (Å²) in [6.07, 6.45) is 3.82. The van der Waals surface area contributed by atoms with Crippen LogP contribution in [0.2, 0.25) is 0 Å². The summed E-state index contributed by atoms with van der Waals surface area (Å²) in [6.45, 7) is 7.23. The van der Waals surface area contributed by atoms with E-state index >= 15 is 0 Å². The number of hydrogen-bond donors (Lipinski definition) is 3. The Bertz CT molecular complexity index is 1470. The van der Waals surface area contributed by atoms with Crippen molar-refractivity contribution in [2.75, 3.05) is 6.61 Å². The van der Waals surface area contributed by atoms with E-state index in [1.807, 2.05) is 19.9 Å². The highest BCUT2D eigenvalue weighted by atomic mass is 16.5. The average molecular weight is 594 g/mol. The van der Waals surface area contributed by atoms with Gasteiger partial charge in [0.05, 0.1) is 23.5 Å². The Morgan fingerprint density at radius 2 is 1.86 bits per heavy atom. The lowest BCUT2D eigenvalue weighted by Crippen LogP contribution is -2.73. The van der Waals surface area contributed by atoms with Gasteiger partial charge in [-0.2, -0.15) is 0 Å². The zero-order valence-electron chi connectivity index (χ0n) is 24.9. The van der Waals surface area contributed by atoms with Crippen LogP contribution < -0.4 is 0 Å². The molecule has 1 aromatic heterocycles. The fourth-order valence-corrected chi connectivity index (χ4v) is 9.21. The second-order valence-corrected chi connectivity index (χ2v) is 14.4. The maximum absolute atomic E-state index is 14.4. The monoisotopic (exact) mass is 593 g/mol. The molecule has 0 aromatic carbocycles. The fraction of sp³-hybridized carbons (Fsp3) is 0.636. The molecule has 2 unspecified atom stereocenters. The van der Waals surface area contributed by atoms with Gasteiger partial charge in [0.2, 0.25) is 0 Å². The second-order valence-electron chi connectivity index (χ2n) is 14.4. The van der Waals surface area contributed by atoms with Gasteiger partial charge in [0.1, 0.15) is 35.6 Å². The summed E-state index contributed by atoms with van der Waals surface area (Å²) in [7, 11) is 0. The predicted molar refractivity (Wildman–Crippen MR) is 151 cm³/mol. The van der Waals surface area contributed by atoms with Crippen molar-refractivity contribution < 1.29 is 43.9 Å². The summed E-state index contributed by atoms with van der Waals surface area (Å²) in [5.74, 6) is -2.54. The molecule has 10 nitrogen and oxygen atoms in total. The number of Topliss-reactive ketones (excluding diaryl/α,β-unsaturated/α-hetero) is 1. The molecule has 10 heteroatoms. The van der Waals surface area contributed by atoms with Crippen LogP contribution in [-0.4, -0.2) is 68.5 Å². The number of ether oxygens (including phenoxy) is 3. The van der Waals surface area contributed by atoms with Crippen molar-refractivity contribution in [1.82, 2.24) is 4.98 Å². The van der Waals surface area contributed by atoms with E-state index in [2.05, 4.69) is 4.98 Å². The second kappa shape index (κ2) is 9.14. The van der Waals surface area contributed by atoms with Crippen LogP contribution >= 0.6 is 0 Å². The Balaban J connectivity index is 1.31. The number of hydrogen-bond acceptors (Lipinski definition) is 9. The average Bonchev–Trinajstić information content (AvgIpc) is 3.90. The molecule has 7 rings (SSSR count). The van der Waals surface area contributed by atoms with Crippen molar-refractivity contribution >= 4 is 23.5 Å². The van der Waals surface area contributed by atoms with E-state index in [1.54, 1.807) is 38.4 Å². The number of carboxylic acid groups (broad SMARTS) is 1. The van der Waals surface area contributed by atoms with Crippen LogP contribution in [0.5, 0.6) is 0 Å². The molecule has 4 fully saturated rings. The van der Waals surface area contributed by atoms with E-state index in [9.17, 15) is 29.7 Å². The predicted octanol–water partition coefficient (Wildman–Crippen LogP) is 3.27. The Hall–Kier alpha value is -3.24. The number of fused-ring (bicyclic) bond motifs is 3. The number of aliphatic hydroxyl groups is 2. The van der Waals surface area contributed by atoms with Crippen LogP contribution in [0.15, 0.2) is 41.9 Å². The third kappa shape index (κ3) is 3.84. The number of aromatic nitrogens is 1. The number of carboxylic acids is 1. The molecule has 0 saturated heterocycles. The first-order valence-electron chi connectivity index (χ1n) is 15.3. The number of carbonyl (C=O) groups excluding carboxylic acids is 2. The summed E-state index contributed by atoms with van der Waals surface area (Å²) >= 11 is 0. The first kappa shape index (κ1) is 28.5. The van der Waals surface area contributed by atoms with Crippen LogP contribution in [0.1, 0.15) is 65.4 Å². The quantitative estimate of drug-likeness (QED) is 0.434. The highest BCUT2D eigenvalue weighted by Gasteiger charge is 2.77. The van der Waals surface area contributed by atoms with E-state index in [0.29, 0.717) is 23.5 Å². The summed E-state index contributed by atoms with van der Waals surface area (Å²) < 4.78 is 18.7. The molecule has 0 bridgehead atoms. The molecule has 2 aliphatic heterocycles. The summed E-state index contributed by atoms with van der Waals surface area (Å²) in [6, 6.07) is 3.64. The number of ketones is 1. The third-order valence-corrected chi connectivity index (χ3v) is 12.1. The van der Waals surface area contributed by atoms with Crippen LogP contribution in [0.4, 0.5) is 0 Å². The minimum atomic E-state index is -1.33. The molecular weight excluding hydrogens is 554 g/mol. The van der Waals surface area contributed by atoms with Gasteiger partial charge in [-0.1, -0.05) is 13.8 Å². The van der Waals surface area contributed by atoms with Gasteiger partial charge < -0.3 is 29.5 Å². The highest BCUT2D eigenvalue weighted by Crippen LogP contribution is 2.73. The molecule has 0 spiro atoms. The van der Waals surface area contributed by atoms with Crippen molar-refractivity contribution in [3.05, 3.63) is 47.5 Å². The van der Waals surface area contributed by atoms with E-state index in [4.69, 9.17) is 14.2 Å². The van der Waals surface area contributed by atoms with Gasteiger partial charge in [0.15, 0.2) is 0 Å². The van der Waals surface area contributed by atoms with Gasteiger partial charge in [0, 0.05) is 52.8 Å². The van der Waals surface area contributed by atoms with Gasteiger partial charge in [-0.05, 0) is 63.5 Å². The van der Waals surface area contributed by atoms with Crippen molar-refractivity contribution in [1.29, 1.82) is 0 Å². The molecule has 43 heavy (non-hydrogen) atoms. The maximum atomic E-state index is 14.4. The molecule has 3 heterocycles. The zero-order chi connectivity index (χ0) is 30.7. The highest BCUT2D eigenvalue weighted by molar-refractivity contribution is 5.89. The number of rotatable bonds is 5. The van der Waals surface area contributed by atoms with Crippen LogP contribution in [0, 0.1) is 39.9 Å². The van der Waals surface area contributed by atoms with Crippen LogP contribution in [0.3, 0.4) is 0 Å². The van der Waals surface area contributed by atoms with E-state index in [0.717, 1.165) is 18.4 Å². The summed E-state index contributed by atoms with van der Waals surface area (Å²) in [4.78, 5) is 43.9. The molecule has 230 valence electrons. The van der Waals surface area contributed by atoms with Crippen LogP contribution in [0.25, 0.3) is 5.76 Å². The zero-order valence-corrected chi connectivity index (χ0v) is 24.9. The standard InChI is InChI=1S/C33H39NO9/c1-30(29(39)40)13-22(30)31(2)21-11-24(36)33(4)27(32(21,3)23(35)12-25(31)42-28(38)16-7-8-16)26(37)18-15-41-19(10-20(18)43-33)17-6-5-9-34-14-17/h5-6,9-10,14,16,21-22,24-27,36-37H,7-8,11-13,15H2,1-4H3,(H,39,40)/t21-,22?,24+,25+,26+,27-,30?,31-,32-,33-/m1/s1. The molecule has 4 aliphatic carbocycles. The first-order valence-corrected chi connectivity index (χ1v) is 15.3. The molecule has 0 radical (unpaired) electrons. The number of aliphatic hydroxyl groups excluding tert-OH is 2. The lowest BCUT2D eigenvalue weighted by Gasteiger charge is -2.66. The third-order valence-electron chi connectivity index (χ3n) is 12.1. The van der Waals surface area contributed by atoms with Gasteiger partial charge in [0.25, 0.3) is 0 Å².